The van der Waals surface area contributed by atoms with Gasteiger partial charge < -0.3 is 5.73 Å². The van der Waals surface area contributed by atoms with E-state index in [1.54, 1.807) is 4.52 Å². The van der Waals surface area contributed by atoms with Gasteiger partial charge in [-0.15, -0.1) is 21.5 Å². The third kappa shape index (κ3) is 1.77. The van der Waals surface area contributed by atoms with Gasteiger partial charge in [-0.05, 0) is 0 Å². The van der Waals surface area contributed by atoms with Crippen molar-refractivity contribution in [2.75, 3.05) is 5.73 Å². The Bertz CT molecular complexity index is 701. The van der Waals surface area contributed by atoms with Gasteiger partial charge in [0.2, 0.25) is 4.96 Å². The first-order chi connectivity index (χ1) is 8.45. The van der Waals surface area contributed by atoms with Crippen LogP contribution in [0.2, 0.25) is 0 Å². The van der Waals surface area contributed by atoms with Crippen LogP contribution < -0.4 is 5.73 Å². The summed E-state index contributed by atoms with van der Waals surface area (Å²) in [4.78, 5) is 5.01. The fourth-order valence-electron chi connectivity index (χ4n) is 1.57. The molecule has 0 fully saturated rings. The van der Waals surface area contributed by atoms with Crippen LogP contribution >= 0.6 is 22.7 Å². The molecule has 0 unspecified atom stereocenters. The average molecular weight is 280 g/mol. The highest BCUT2D eigenvalue weighted by Gasteiger charge is 2.23. The smallest absolute Gasteiger partial charge is 0.235 e. The standard InChI is InChI=1S/C10H12N6S2/c1-10(2,3)7-13-14-9-16(7)15-6(18-9)5-4-17-8(11)12-5/h4H,1-3H3,(H2,11,12). The highest BCUT2D eigenvalue weighted by atomic mass is 32.1. The summed E-state index contributed by atoms with van der Waals surface area (Å²) in [5, 5.41) is 16.1. The first kappa shape index (κ1) is 11.5. The van der Waals surface area contributed by atoms with Crippen LogP contribution in [-0.2, 0) is 5.41 Å². The number of aromatic nitrogens is 5. The monoisotopic (exact) mass is 280 g/mol. The van der Waals surface area contributed by atoms with E-state index in [-0.39, 0.29) is 5.41 Å². The molecule has 3 heterocycles. The molecule has 0 aliphatic carbocycles. The molecule has 0 aromatic carbocycles. The second-order valence-electron chi connectivity index (χ2n) is 4.95. The maximum Gasteiger partial charge on any atom is 0.235 e. The molecule has 6 nitrogen and oxygen atoms in total. The van der Waals surface area contributed by atoms with E-state index in [0.717, 1.165) is 21.5 Å². The summed E-state index contributed by atoms with van der Waals surface area (Å²) in [5.74, 6) is 0.850. The van der Waals surface area contributed by atoms with Gasteiger partial charge in [0.25, 0.3) is 0 Å². The second-order valence-corrected chi connectivity index (χ2v) is 6.79. The van der Waals surface area contributed by atoms with Crippen molar-refractivity contribution in [2.45, 2.75) is 26.2 Å². The first-order valence-corrected chi connectivity index (χ1v) is 7.09. The fourth-order valence-corrected chi connectivity index (χ4v) is 3.00. The van der Waals surface area contributed by atoms with E-state index < -0.39 is 0 Å². The summed E-state index contributed by atoms with van der Waals surface area (Å²) in [6, 6.07) is 0. The van der Waals surface area contributed by atoms with E-state index in [4.69, 9.17) is 5.73 Å². The van der Waals surface area contributed by atoms with Gasteiger partial charge in [0.05, 0.1) is 0 Å². The summed E-state index contributed by atoms with van der Waals surface area (Å²) in [7, 11) is 0. The van der Waals surface area contributed by atoms with E-state index in [9.17, 15) is 0 Å². The van der Waals surface area contributed by atoms with Crippen molar-refractivity contribution in [3.8, 4) is 10.7 Å². The Labute approximate surface area is 112 Å². The zero-order valence-electron chi connectivity index (χ0n) is 10.2. The van der Waals surface area contributed by atoms with Crippen molar-refractivity contribution in [1.29, 1.82) is 0 Å². The zero-order chi connectivity index (χ0) is 12.9. The van der Waals surface area contributed by atoms with Crippen LogP contribution in [0, 0.1) is 0 Å². The molecule has 0 aliphatic rings. The van der Waals surface area contributed by atoms with Crippen LogP contribution in [0.15, 0.2) is 5.38 Å². The average Bonchev–Trinajstić information content (AvgIpc) is 2.87. The van der Waals surface area contributed by atoms with Gasteiger partial charge in [-0.1, -0.05) is 32.1 Å². The molecule has 2 N–H and O–H groups in total. The third-order valence-electron chi connectivity index (χ3n) is 2.40. The third-order valence-corrected chi connectivity index (χ3v) is 4.00. The van der Waals surface area contributed by atoms with Crippen LogP contribution in [-0.4, -0.2) is 24.8 Å². The maximum absolute atomic E-state index is 5.63. The van der Waals surface area contributed by atoms with Crippen LogP contribution in [0.5, 0.6) is 0 Å². The number of hydrogen-bond donors (Lipinski definition) is 1. The second kappa shape index (κ2) is 3.72. The lowest BCUT2D eigenvalue weighted by Crippen LogP contribution is -2.16. The molecule has 94 valence electrons. The largest absolute Gasteiger partial charge is 0.375 e. The number of nitrogens with two attached hydrogens (primary N) is 1. The van der Waals surface area contributed by atoms with E-state index >= 15 is 0 Å². The van der Waals surface area contributed by atoms with Gasteiger partial charge >= 0.3 is 0 Å². The quantitative estimate of drug-likeness (QED) is 0.739. The summed E-state index contributed by atoms with van der Waals surface area (Å²) >= 11 is 2.88. The van der Waals surface area contributed by atoms with Crippen molar-refractivity contribution in [2.24, 2.45) is 0 Å². The molecular formula is C10H12N6S2. The van der Waals surface area contributed by atoms with Gasteiger partial charge in [0, 0.05) is 10.8 Å². The number of fused-ring (bicyclic) bond motifs is 1. The van der Waals surface area contributed by atoms with E-state index in [1.807, 2.05) is 5.38 Å². The molecule has 3 aromatic heterocycles. The number of anilines is 1. The van der Waals surface area contributed by atoms with Crippen molar-refractivity contribution in [3.05, 3.63) is 11.2 Å². The molecule has 0 amide bonds. The molecule has 0 atom stereocenters. The Morgan fingerprint density at radius 3 is 2.67 bits per heavy atom. The number of thiazole rings is 1. The molecule has 3 aromatic rings. The first-order valence-electron chi connectivity index (χ1n) is 5.39. The molecule has 8 heteroatoms. The normalized spacial score (nSPS) is 12.4. The van der Waals surface area contributed by atoms with Crippen molar-refractivity contribution in [1.82, 2.24) is 24.8 Å². The van der Waals surface area contributed by atoms with Gasteiger partial charge in [0.1, 0.15) is 5.69 Å². The minimum absolute atomic E-state index is 0.0914. The lowest BCUT2D eigenvalue weighted by molar-refractivity contribution is 0.528. The molecule has 0 aliphatic heterocycles. The maximum atomic E-state index is 5.63. The van der Waals surface area contributed by atoms with Crippen LogP contribution in [0.3, 0.4) is 0 Å². The van der Waals surface area contributed by atoms with Gasteiger partial charge in [-0.25, -0.2) is 4.98 Å². The van der Waals surface area contributed by atoms with Gasteiger partial charge in [-0.3, -0.25) is 0 Å². The summed E-state index contributed by atoms with van der Waals surface area (Å²) < 4.78 is 1.79. The Morgan fingerprint density at radius 2 is 2.06 bits per heavy atom. The van der Waals surface area contributed by atoms with Crippen molar-refractivity contribution >= 4 is 32.8 Å². The number of nitrogens with zero attached hydrogens (tertiary/aromatic N) is 5. The molecule has 0 spiro atoms. The van der Waals surface area contributed by atoms with Crippen molar-refractivity contribution < 1.29 is 0 Å². The molecule has 3 rings (SSSR count). The predicted octanol–water partition coefficient (Wildman–Crippen LogP) is 2.19. The highest BCUT2D eigenvalue weighted by Crippen LogP contribution is 2.29. The van der Waals surface area contributed by atoms with Crippen LogP contribution in [0.1, 0.15) is 26.6 Å². The molecule has 0 saturated carbocycles. The Morgan fingerprint density at radius 1 is 1.28 bits per heavy atom. The lowest BCUT2D eigenvalue weighted by Gasteiger charge is -2.13. The number of rotatable bonds is 1. The molecule has 0 saturated heterocycles. The summed E-state index contributed by atoms with van der Waals surface area (Å²) in [6.07, 6.45) is 0. The van der Waals surface area contributed by atoms with Crippen LogP contribution in [0.4, 0.5) is 5.13 Å². The minimum atomic E-state index is -0.0914. The summed E-state index contributed by atoms with van der Waals surface area (Å²) in [5.41, 5.74) is 6.34. The lowest BCUT2D eigenvalue weighted by atomic mass is 9.96. The summed E-state index contributed by atoms with van der Waals surface area (Å²) in [6.45, 7) is 6.26. The van der Waals surface area contributed by atoms with Gasteiger partial charge in [-0.2, -0.15) is 9.61 Å². The number of nitrogen functional groups attached to an aromatic ring is 1. The van der Waals surface area contributed by atoms with E-state index in [2.05, 4.69) is 41.1 Å². The zero-order valence-corrected chi connectivity index (χ0v) is 11.8. The van der Waals surface area contributed by atoms with E-state index in [1.165, 1.54) is 22.7 Å². The highest BCUT2D eigenvalue weighted by molar-refractivity contribution is 7.20. The van der Waals surface area contributed by atoms with E-state index in [0.29, 0.717) is 5.13 Å². The predicted molar refractivity (Wildman–Crippen MR) is 72.9 cm³/mol. The van der Waals surface area contributed by atoms with Gasteiger partial charge in [0.15, 0.2) is 16.0 Å². The Kier molecular flexibility index (Phi) is 2.39. The SMILES string of the molecule is CC(C)(C)c1nnc2sc(-c3csc(N)n3)nn12. The molecule has 0 bridgehead atoms. The molecule has 0 radical (unpaired) electrons. The minimum Gasteiger partial charge on any atom is -0.375 e. The van der Waals surface area contributed by atoms with Crippen molar-refractivity contribution in [3.63, 3.8) is 0 Å². The Balaban J connectivity index is 2.15. The number of hydrogen-bond acceptors (Lipinski definition) is 7. The fraction of sp³-hybridized carbons (Fsp3) is 0.400. The topological polar surface area (TPSA) is 82.0 Å². The molecule has 18 heavy (non-hydrogen) atoms. The van der Waals surface area contributed by atoms with Crippen LogP contribution in [0.25, 0.3) is 15.7 Å². The Hall–Kier alpha value is -1.54. The molecular weight excluding hydrogens is 268 g/mol.